The molecule has 0 aliphatic rings. The number of aromatic nitrogens is 2. The average Bonchev–Trinajstić information content (AvgIpc) is 3.23. The van der Waals surface area contributed by atoms with Crippen molar-refractivity contribution in [3.63, 3.8) is 0 Å². The van der Waals surface area contributed by atoms with E-state index in [9.17, 15) is 9.59 Å². The molecule has 0 spiro atoms. The molecule has 0 fully saturated rings. The molecule has 1 N–H and O–H groups in total. The SMILES string of the molecule is Cc1ccc(NC(=O)CN(C)C(=O)c2ccccc2OCc2cn3cccc(C)c3n2)cc1. The topological polar surface area (TPSA) is 75.9 Å². The van der Waals surface area contributed by atoms with E-state index in [1.165, 1.54) is 4.90 Å². The summed E-state index contributed by atoms with van der Waals surface area (Å²) < 4.78 is 7.90. The molecule has 0 aliphatic carbocycles. The van der Waals surface area contributed by atoms with Gasteiger partial charge >= 0.3 is 0 Å². The number of imidazole rings is 1. The Bertz CT molecular complexity index is 1290. The van der Waals surface area contributed by atoms with Gasteiger partial charge in [0.2, 0.25) is 5.91 Å². The van der Waals surface area contributed by atoms with Crippen molar-refractivity contribution in [2.75, 3.05) is 18.9 Å². The van der Waals surface area contributed by atoms with Crippen LogP contribution in [0.4, 0.5) is 5.69 Å². The van der Waals surface area contributed by atoms with Gasteiger partial charge in [-0.15, -0.1) is 0 Å². The average molecular weight is 443 g/mol. The number of rotatable bonds is 7. The minimum atomic E-state index is -0.296. The number of nitrogens with one attached hydrogen (secondary N) is 1. The smallest absolute Gasteiger partial charge is 0.257 e. The molecule has 4 aromatic rings. The summed E-state index contributed by atoms with van der Waals surface area (Å²) in [5, 5.41) is 2.81. The summed E-state index contributed by atoms with van der Waals surface area (Å²) in [5.41, 5.74) is 4.90. The lowest BCUT2D eigenvalue weighted by Crippen LogP contribution is -2.35. The highest BCUT2D eigenvalue weighted by molar-refractivity contribution is 6.00. The normalized spacial score (nSPS) is 10.8. The van der Waals surface area contributed by atoms with Gasteiger partial charge in [0.05, 0.1) is 17.8 Å². The summed E-state index contributed by atoms with van der Waals surface area (Å²) in [7, 11) is 1.60. The lowest BCUT2D eigenvalue weighted by atomic mass is 10.1. The quantitative estimate of drug-likeness (QED) is 0.465. The highest BCUT2D eigenvalue weighted by atomic mass is 16.5. The predicted molar refractivity (Wildman–Crippen MR) is 127 cm³/mol. The first-order chi connectivity index (χ1) is 15.9. The largest absolute Gasteiger partial charge is 0.486 e. The van der Waals surface area contributed by atoms with E-state index in [4.69, 9.17) is 4.74 Å². The second kappa shape index (κ2) is 9.56. The minimum absolute atomic E-state index is 0.0766. The maximum atomic E-state index is 13.0. The van der Waals surface area contributed by atoms with E-state index in [2.05, 4.69) is 10.3 Å². The van der Waals surface area contributed by atoms with E-state index < -0.39 is 0 Å². The van der Waals surface area contributed by atoms with Crippen molar-refractivity contribution in [1.82, 2.24) is 14.3 Å². The molecule has 0 aliphatic heterocycles. The zero-order valence-corrected chi connectivity index (χ0v) is 18.9. The Labute approximate surface area is 192 Å². The number of amides is 2. The van der Waals surface area contributed by atoms with Crippen LogP contribution >= 0.6 is 0 Å². The third-order valence-electron chi connectivity index (χ3n) is 5.28. The first-order valence-corrected chi connectivity index (χ1v) is 10.7. The number of carbonyl (C=O) groups is 2. The van der Waals surface area contributed by atoms with E-state index in [1.54, 1.807) is 25.2 Å². The number of fused-ring (bicyclic) bond motifs is 1. The van der Waals surface area contributed by atoms with Crippen LogP contribution in [0.25, 0.3) is 5.65 Å². The van der Waals surface area contributed by atoms with Gasteiger partial charge in [-0.25, -0.2) is 4.98 Å². The number of benzene rings is 2. The molecule has 0 saturated heterocycles. The fraction of sp³-hybridized carbons (Fsp3) is 0.192. The molecular weight excluding hydrogens is 416 g/mol. The monoisotopic (exact) mass is 442 g/mol. The predicted octanol–water partition coefficient (Wildman–Crippen LogP) is 4.24. The molecule has 0 bridgehead atoms. The molecule has 168 valence electrons. The Morgan fingerprint density at radius 2 is 1.79 bits per heavy atom. The summed E-state index contributed by atoms with van der Waals surface area (Å²) in [5.74, 6) is -0.120. The van der Waals surface area contributed by atoms with Crippen LogP contribution in [-0.4, -0.2) is 39.7 Å². The van der Waals surface area contributed by atoms with Gasteiger partial charge in [-0.1, -0.05) is 35.9 Å². The highest BCUT2D eigenvalue weighted by Crippen LogP contribution is 2.21. The summed E-state index contributed by atoms with van der Waals surface area (Å²) in [4.78, 5) is 31.4. The van der Waals surface area contributed by atoms with E-state index >= 15 is 0 Å². The first-order valence-electron chi connectivity index (χ1n) is 10.7. The van der Waals surface area contributed by atoms with Gasteiger partial charge in [0.15, 0.2) is 0 Å². The molecular formula is C26H26N4O3. The van der Waals surface area contributed by atoms with Crippen molar-refractivity contribution >= 4 is 23.1 Å². The number of aryl methyl sites for hydroxylation is 2. The molecule has 7 heteroatoms. The number of carbonyl (C=O) groups excluding carboxylic acids is 2. The Balaban J connectivity index is 1.41. The lowest BCUT2D eigenvalue weighted by Gasteiger charge is -2.19. The number of likely N-dealkylation sites (N-methyl/N-ethyl adjacent to an activating group) is 1. The van der Waals surface area contributed by atoms with Gasteiger partial charge in [-0.2, -0.15) is 0 Å². The van der Waals surface area contributed by atoms with Gasteiger partial charge in [0, 0.05) is 25.1 Å². The van der Waals surface area contributed by atoms with Crippen molar-refractivity contribution in [3.05, 3.63) is 95.4 Å². The highest BCUT2D eigenvalue weighted by Gasteiger charge is 2.19. The molecule has 0 atom stereocenters. The third kappa shape index (κ3) is 5.20. The molecule has 2 aromatic carbocycles. The van der Waals surface area contributed by atoms with Gasteiger partial charge in [-0.3, -0.25) is 9.59 Å². The summed E-state index contributed by atoms with van der Waals surface area (Å²) in [6.07, 6.45) is 3.85. The van der Waals surface area contributed by atoms with Crippen molar-refractivity contribution in [2.45, 2.75) is 20.5 Å². The lowest BCUT2D eigenvalue weighted by molar-refractivity contribution is -0.116. The molecule has 4 rings (SSSR count). The maximum Gasteiger partial charge on any atom is 0.257 e. The Morgan fingerprint density at radius 3 is 2.55 bits per heavy atom. The number of hydrogen-bond donors (Lipinski definition) is 1. The molecule has 2 heterocycles. The summed E-state index contributed by atoms with van der Waals surface area (Å²) in [6, 6.07) is 18.5. The van der Waals surface area contributed by atoms with Gasteiger partial charge in [-0.05, 0) is 49.7 Å². The number of anilines is 1. The van der Waals surface area contributed by atoms with E-state index in [0.717, 1.165) is 22.5 Å². The van der Waals surface area contributed by atoms with Crippen molar-refractivity contribution in [2.24, 2.45) is 0 Å². The number of pyridine rings is 1. The molecule has 0 radical (unpaired) electrons. The van der Waals surface area contributed by atoms with Crippen LogP contribution in [0.5, 0.6) is 5.75 Å². The molecule has 0 saturated carbocycles. The minimum Gasteiger partial charge on any atom is -0.486 e. The fourth-order valence-electron chi connectivity index (χ4n) is 3.53. The second-order valence-electron chi connectivity index (χ2n) is 8.01. The van der Waals surface area contributed by atoms with Gasteiger partial charge < -0.3 is 19.4 Å². The van der Waals surface area contributed by atoms with Crippen LogP contribution in [-0.2, 0) is 11.4 Å². The number of nitrogens with zero attached hydrogens (tertiary/aromatic N) is 3. The van der Waals surface area contributed by atoms with E-state index in [-0.39, 0.29) is 25.0 Å². The summed E-state index contributed by atoms with van der Waals surface area (Å²) >= 11 is 0. The fourth-order valence-corrected chi connectivity index (χ4v) is 3.53. The van der Waals surface area contributed by atoms with E-state index in [0.29, 0.717) is 17.0 Å². The van der Waals surface area contributed by atoms with E-state index in [1.807, 2.05) is 73.1 Å². The zero-order valence-electron chi connectivity index (χ0n) is 18.9. The number of para-hydroxylation sites is 1. The summed E-state index contributed by atoms with van der Waals surface area (Å²) in [6.45, 7) is 4.13. The molecule has 2 aromatic heterocycles. The maximum absolute atomic E-state index is 13.0. The zero-order chi connectivity index (χ0) is 23.4. The molecule has 2 amide bonds. The van der Waals surface area contributed by atoms with Crippen molar-refractivity contribution in [1.29, 1.82) is 0 Å². The van der Waals surface area contributed by atoms with Crippen LogP contribution in [0, 0.1) is 13.8 Å². The van der Waals surface area contributed by atoms with Crippen LogP contribution in [0.2, 0.25) is 0 Å². The Hall–Kier alpha value is -4.13. The Morgan fingerprint density at radius 1 is 1.03 bits per heavy atom. The number of hydrogen-bond acceptors (Lipinski definition) is 4. The third-order valence-corrected chi connectivity index (χ3v) is 5.28. The van der Waals surface area contributed by atoms with Crippen LogP contribution in [0.1, 0.15) is 27.2 Å². The van der Waals surface area contributed by atoms with Crippen LogP contribution < -0.4 is 10.1 Å². The molecule has 0 unspecified atom stereocenters. The van der Waals surface area contributed by atoms with Crippen LogP contribution in [0.3, 0.4) is 0 Å². The molecule has 33 heavy (non-hydrogen) atoms. The van der Waals surface area contributed by atoms with Crippen LogP contribution in [0.15, 0.2) is 73.1 Å². The first kappa shape index (κ1) is 22.1. The Kier molecular flexibility index (Phi) is 6.40. The van der Waals surface area contributed by atoms with Gasteiger partial charge in [0.1, 0.15) is 18.0 Å². The van der Waals surface area contributed by atoms with Crippen molar-refractivity contribution < 1.29 is 14.3 Å². The number of ether oxygens (including phenoxy) is 1. The van der Waals surface area contributed by atoms with Crippen molar-refractivity contribution in [3.8, 4) is 5.75 Å². The second-order valence-corrected chi connectivity index (χ2v) is 8.01. The standard InChI is InChI=1S/C26H26N4O3/c1-18-10-12-20(13-11-18)27-24(31)16-29(3)26(32)22-8-4-5-9-23(22)33-17-21-15-30-14-6-7-19(2)25(30)28-21/h4-15H,16-17H2,1-3H3,(H,27,31). The molecule has 7 nitrogen and oxygen atoms in total. The van der Waals surface area contributed by atoms with Gasteiger partial charge in [0.25, 0.3) is 5.91 Å².